The summed E-state index contributed by atoms with van der Waals surface area (Å²) < 4.78 is 0.637. The Labute approximate surface area is 169 Å². The van der Waals surface area contributed by atoms with Crippen LogP contribution < -0.4 is 4.90 Å². The molecule has 3 heterocycles. The Morgan fingerprint density at radius 3 is 2.74 bits per heavy atom. The number of benzene rings is 1. The van der Waals surface area contributed by atoms with Gasteiger partial charge in [0.25, 0.3) is 5.91 Å². The Morgan fingerprint density at radius 2 is 2.04 bits per heavy atom. The van der Waals surface area contributed by atoms with Crippen molar-refractivity contribution in [1.82, 2.24) is 9.88 Å². The van der Waals surface area contributed by atoms with E-state index in [0.29, 0.717) is 15.8 Å². The molecule has 1 aromatic heterocycles. The number of amides is 1. The molecule has 0 aliphatic carbocycles. The molecule has 1 aromatic carbocycles. The quantitative estimate of drug-likeness (QED) is 0.552. The summed E-state index contributed by atoms with van der Waals surface area (Å²) in [5.74, 6) is 0.986. The SMILES string of the molecule is CCN1C(=O)/C(=C/c2cc3cccc(C)c3nc2N2CCCCC2)SC1=S. The molecule has 1 amide bonds. The van der Waals surface area contributed by atoms with E-state index < -0.39 is 0 Å². The van der Waals surface area contributed by atoms with Crippen LogP contribution in [0.25, 0.3) is 17.0 Å². The van der Waals surface area contributed by atoms with Crippen molar-refractivity contribution in [2.24, 2.45) is 0 Å². The summed E-state index contributed by atoms with van der Waals surface area (Å²) in [6.07, 6.45) is 5.62. The number of nitrogens with zero attached hydrogens (tertiary/aromatic N) is 3. The van der Waals surface area contributed by atoms with Gasteiger partial charge in [-0.25, -0.2) is 4.98 Å². The number of para-hydroxylation sites is 1. The predicted octanol–water partition coefficient (Wildman–Crippen LogP) is 4.75. The van der Waals surface area contributed by atoms with Gasteiger partial charge in [-0.05, 0) is 50.8 Å². The maximum absolute atomic E-state index is 12.7. The zero-order chi connectivity index (χ0) is 19.0. The van der Waals surface area contributed by atoms with Gasteiger partial charge in [-0.15, -0.1) is 0 Å². The lowest BCUT2D eigenvalue weighted by Gasteiger charge is -2.29. The number of carbonyl (C=O) groups excluding carboxylic acids is 1. The predicted molar refractivity (Wildman–Crippen MR) is 118 cm³/mol. The molecule has 140 valence electrons. The second-order valence-corrected chi connectivity index (χ2v) is 8.70. The maximum Gasteiger partial charge on any atom is 0.266 e. The minimum Gasteiger partial charge on any atom is -0.356 e. The number of hydrogen-bond acceptors (Lipinski definition) is 5. The van der Waals surface area contributed by atoms with Crippen LogP contribution in [0.4, 0.5) is 5.82 Å². The largest absolute Gasteiger partial charge is 0.356 e. The zero-order valence-corrected chi connectivity index (χ0v) is 17.3. The van der Waals surface area contributed by atoms with Crippen LogP contribution in [0.5, 0.6) is 0 Å². The van der Waals surface area contributed by atoms with Gasteiger partial charge in [-0.2, -0.15) is 0 Å². The number of carbonyl (C=O) groups is 1. The number of fused-ring (bicyclic) bond motifs is 1. The molecule has 27 heavy (non-hydrogen) atoms. The molecule has 2 fully saturated rings. The number of anilines is 1. The van der Waals surface area contributed by atoms with E-state index in [2.05, 4.69) is 36.1 Å². The number of piperidine rings is 1. The molecule has 4 nitrogen and oxygen atoms in total. The highest BCUT2D eigenvalue weighted by atomic mass is 32.2. The second kappa shape index (κ2) is 7.60. The Bertz CT molecular complexity index is 948. The summed E-state index contributed by atoms with van der Waals surface area (Å²) in [6.45, 7) is 6.69. The molecule has 0 bridgehead atoms. The Morgan fingerprint density at radius 1 is 1.26 bits per heavy atom. The standard InChI is InChI=1S/C21H23N3OS2/c1-3-24-20(25)17(27-21(24)26)13-16-12-15-9-7-8-14(2)18(15)22-19(16)23-10-5-4-6-11-23/h7-9,12-13H,3-6,10-11H2,1-2H3/b17-13-. The number of rotatable bonds is 3. The summed E-state index contributed by atoms with van der Waals surface area (Å²) in [4.78, 5) is 22.4. The lowest BCUT2D eigenvalue weighted by atomic mass is 10.1. The summed E-state index contributed by atoms with van der Waals surface area (Å²) in [5, 5.41) is 1.10. The summed E-state index contributed by atoms with van der Waals surface area (Å²) in [7, 11) is 0. The highest BCUT2D eigenvalue weighted by Gasteiger charge is 2.31. The Balaban J connectivity index is 1.84. The minimum absolute atomic E-state index is 0.00133. The fraction of sp³-hybridized carbons (Fsp3) is 0.381. The summed E-state index contributed by atoms with van der Waals surface area (Å²) >= 11 is 6.75. The first-order valence-electron chi connectivity index (χ1n) is 9.49. The second-order valence-electron chi connectivity index (χ2n) is 7.02. The van der Waals surface area contributed by atoms with Crippen LogP contribution in [-0.4, -0.2) is 39.7 Å². The van der Waals surface area contributed by atoms with Crippen LogP contribution in [0, 0.1) is 6.92 Å². The van der Waals surface area contributed by atoms with E-state index in [4.69, 9.17) is 17.2 Å². The van der Waals surface area contributed by atoms with Gasteiger partial charge in [0.2, 0.25) is 0 Å². The Hall–Kier alpha value is -1.92. The first-order chi connectivity index (χ1) is 13.1. The van der Waals surface area contributed by atoms with E-state index in [0.717, 1.165) is 35.4 Å². The summed E-state index contributed by atoms with van der Waals surface area (Å²) in [6, 6.07) is 8.41. The molecule has 2 aromatic rings. The first kappa shape index (κ1) is 18.4. The van der Waals surface area contributed by atoms with Gasteiger partial charge in [0.15, 0.2) is 0 Å². The number of thioether (sulfide) groups is 1. The lowest BCUT2D eigenvalue weighted by Crippen LogP contribution is -2.31. The minimum atomic E-state index is 0.00133. The molecule has 2 aliphatic heterocycles. The van der Waals surface area contributed by atoms with Crippen molar-refractivity contribution in [3.63, 3.8) is 0 Å². The third-order valence-corrected chi connectivity index (χ3v) is 6.57. The fourth-order valence-electron chi connectivity index (χ4n) is 3.73. The van der Waals surface area contributed by atoms with Crippen molar-refractivity contribution in [3.8, 4) is 0 Å². The van der Waals surface area contributed by atoms with Crippen LogP contribution in [0.1, 0.15) is 37.3 Å². The van der Waals surface area contributed by atoms with Crippen molar-refractivity contribution < 1.29 is 4.79 Å². The highest BCUT2D eigenvalue weighted by Crippen LogP contribution is 2.35. The van der Waals surface area contributed by atoms with Crippen molar-refractivity contribution in [1.29, 1.82) is 0 Å². The molecule has 2 saturated heterocycles. The molecule has 0 N–H and O–H groups in total. The average molecular weight is 398 g/mol. The molecule has 6 heteroatoms. The van der Waals surface area contributed by atoms with Crippen molar-refractivity contribution >= 4 is 57.0 Å². The Kier molecular flexibility index (Phi) is 5.19. The monoisotopic (exact) mass is 397 g/mol. The molecule has 4 rings (SSSR count). The highest BCUT2D eigenvalue weighted by molar-refractivity contribution is 8.26. The maximum atomic E-state index is 12.7. The molecule has 0 spiro atoms. The molecule has 0 saturated carbocycles. The molecular weight excluding hydrogens is 374 g/mol. The van der Waals surface area contributed by atoms with Crippen molar-refractivity contribution in [3.05, 3.63) is 40.3 Å². The van der Waals surface area contributed by atoms with E-state index in [1.807, 2.05) is 13.0 Å². The van der Waals surface area contributed by atoms with Gasteiger partial charge in [0.05, 0.1) is 10.4 Å². The van der Waals surface area contributed by atoms with Crippen molar-refractivity contribution in [2.75, 3.05) is 24.5 Å². The van der Waals surface area contributed by atoms with E-state index in [1.54, 1.807) is 4.90 Å². The van der Waals surface area contributed by atoms with Crippen LogP contribution in [0.15, 0.2) is 29.2 Å². The van der Waals surface area contributed by atoms with E-state index >= 15 is 0 Å². The number of aromatic nitrogens is 1. The topological polar surface area (TPSA) is 36.4 Å². The average Bonchev–Trinajstić information content (AvgIpc) is 2.95. The number of likely N-dealkylation sites (N-methyl/N-ethyl adjacent to an activating group) is 1. The molecule has 0 radical (unpaired) electrons. The molecule has 2 aliphatic rings. The zero-order valence-electron chi connectivity index (χ0n) is 15.7. The third kappa shape index (κ3) is 3.48. The van der Waals surface area contributed by atoms with Gasteiger partial charge in [0, 0.05) is 30.6 Å². The number of aryl methyl sites for hydroxylation is 1. The lowest BCUT2D eigenvalue weighted by molar-refractivity contribution is -0.121. The van der Waals surface area contributed by atoms with Crippen LogP contribution in [-0.2, 0) is 4.79 Å². The fourth-order valence-corrected chi connectivity index (χ4v) is 5.11. The summed E-state index contributed by atoms with van der Waals surface area (Å²) in [5.41, 5.74) is 3.22. The van der Waals surface area contributed by atoms with Gasteiger partial charge >= 0.3 is 0 Å². The molecule has 0 unspecified atom stereocenters. The van der Waals surface area contributed by atoms with E-state index in [9.17, 15) is 4.79 Å². The van der Waals surface area contributed by atoms with Crippen LogP contribution >= 0.6 is 24.0 Å². The normalized spacial score (nSPS) is 19.6. The van der Waals surface area contributed by atoms with E-state index in [1.165, 1.54) is 36.6 Å². The van der Waals surface area contributed by atoms with Crippen LogP contribution in [0.3, 0.4) is 0 Å². The van der Waals surface area contributed by atoms with Gasteiger partial charge in [-0.3, -0.25) is 9.69 Å². The number of hydrogen-bond donors (Lipinski definition) is 0. The van der Waals surface area contributed by atoms with Gasteiger partial charge in [-0.1, -0.05) is 42.2 Å². The number of thiocarbonyl (C=S) groups is 1. The smallest absolute Gasteiger partial charge is 0.266 e. The first-order valence-corrected chi connectivity index (χ1v) is 10.7. The van der Waals surface area contributed by atoms with Crippen LogP contribution in [0.2, 0.25) is 0 Å². The molecule has 0 atom stereocenters. The number of pyridine rings is 1. The van der Waals surface area contributed by atoms with Gasteiger partial charge < -0.3 is 4.90 Å². The van der Waals surface area contributed by atoms with E-state index in [-0.39, 0.29) is 5.91 Å². The molecular formula is C21H23N3OS2. The van der Waals surface area contributed by atoms with Crippen molar-refractivity contribution in [2.45, 2.75) is 33.1 Å². The third-order valence-electron chi connectivity index (χ3n) is 5.19. The van der Waals surface area contributed by atoms with Gasteiger partial charge in [0.1, 0.15) is 10.1 Å².